The highest BCUT2D eigenvalue weighted by Crippen LogP contribution is 2.36. The molecule has 140 valence electrons. The molecule has 0 bridgehead atoms. The fourth-order valence-corrected chi connectivity index (χ4v) is 4.00. The summed E-state index contributed by atoms with van der Waals surface area (Å²) in [7, 11) is 1.44. The van der Waals surface area contributed by atoms with E-state index in [1.807, 2.05) is 0 Å². The molecule has 1 saturated carbocycles. The molecule has 0 aromatic carbocycles. The van der Waals surface area contributed by atoms with Gasteiger partial charge in [-0.15, -0.1) is 0 Å². The van der Waals surface area contributed by atoms with Crippen molar-refractivity contribution >= 4 is 11.8 Å². The first-order chi connectivity index (χ1) is 11.7. The molecule has 3 heteroatoms. The molecule has 0 aliphatic heterocycles. The third-order valence-electron chi connectivity index (χ3n) is 5.55. The van der Waals surface area contributed by atoms with E-state index < -0.39 is 0 Å². The summed E-state index contributed by atoms with van der Waals surface area (Å²) in [6.45, 7) is 2.25. The van der Waals surface area contributed by atoms with E-state index >= 15 is 0 Å². The van der Waals surface area contributed by atoms with Crippen molar-refractivity contribution in [1.82, 2.24) is 0 Å². The van der Waals surface area contributed by atoms with Gasteiger partial charge in [-0.1, -0.05) is 64.7 Å². The molecule has 3 nitrogen and oxygen atoms in total. The lowest BCUT2D eigenvalue weighted by atomic mass is 9.86. The predicted molar refractivity (Wildman–Crippen MR) is 98.9 cm³/mol. The normalized spacial score (nSPS) is 20.5. The van der Waals surface area contributed by atoms with Gasteiger partial charge in [0.15, 0.2) is 0 Å². The number of hydrogen-bond acceptors (Lipinski definition) is 3. The molecule has 0 heterocycles. The number of hydrogen-bond donors (Lipinski definition) is 0. The van der Waals surface area contributed by atoms with Gasteiger partial charge >= 0.3 is 5.97 Å². The molecule has 0 unspecified atom stereocenters. The van der Waals surface area contributed by atoms with Gasteiger partial charge in [-0.05, 0) is 31.6 Å². The second kappa shape index (κ2) is 13.4. The first-order valence-corrected chi connectivity index (χ1v) is 10.3. The van der Waals surface area contributed by atoms with E-state index in [0.29, 0.717) is 24.0 Å². The summed E-state index contributed by atoms with van der Waals surface area (Å²) < 4.78 is 4.65. The van der Waals surface area contributed by atoms with E-state index in [1.54, 1.807) is 0 Å². The van der Waals surface area contributed by atoms with Crippen LogP contribution < -0.4 is 0 Å². The van der Waals surface area contributed by atoms with Crippen LogP contribution in [0.2, 0.25) is 0 Å². The van der Waals surface area contributed by atoms with E-state index in [1.165, 1.54) is 52.1 Å². The van der Waals surface area contributed by atoms with Crippen LogP contribution >= 0.6 is 0 Å². The zero-order valence-electron chi connectivity index (χ0n) is 16.0. The number of methoxy groups -OCH3 is 1. The maximum absolute atomic E-state index is 12.1. The van der Waals surface area contributed by atoms with Gasteiger partial charge in [0, 0.05) is 18.8 Å². The molecule has 0 saturated heterocycles. The number of ether oxygens (including phenoxy) is 1. The SMILES string of the molecule is CCCCCCCC[C@H]1CCC(=O)[C@@H]1CCCCCCC(=O)OC. The molecular weight excluding hydrogens is 300 g/mol. The van der Waals surface area contributed by atoms with Crippen LogP contribution in [0.3, 0.4) is 0 Å². The van der Waals surface area contributed by atoms with Crippen molar-refractivity contribution in [3.8, 4) is 0 Å². The van der Waals surface area contributed by atoms with Gasteiger partial charge in [0.1, 0.15) is 5.78 Å². The number of Topliss-reactive ketones (excluding diaryl/α,β-unsaturated/α-hetero) is 1. The Morgan fingerprint density at radius 3 is 2.29 bits per heavy atom. The van der Waals surface area contributed by atoms with Gasteiger partial charge in [-0.2, -0.15) is 0 Å². The molecule has 0 N–H and O–H groups in total. The Morgan fingerprint density at radius 2 is 1.58 bits per heavy atom. The first kappa shape index (κ1) is 21.2. The number of carbonyl (C=O) groups is 2. The van der Waals surface area contributed by atoms with Crippen molar-refractivity contribution < 1.29 is 14.3 Å². The standard InChI is InChI=1S/C21H38O3/c1-3-4-5-6-7-10-13-18-16-17-20(22)19(18)14-11-8-9-12-15-21(23)24-2/h18-19H,3-17H2,1-2H3/t18-,19+/m0/s1. The van der Waals surface area contributed by atoms with Gasteiger partial charge < -0.3 is 4.74 Å². The molecule has 1 aliphatic carbocycles. The van der Waals surface area contributed by atoms with Crippen LogP contribution in [0.25, 0.3) is 0 Å². The quantitative estimate of drug-likeness (QED) is 0.295. The van der Waals surface area contributed by atoms with Crippen LogP contribution in [-0.2, 0) is 14.3 Å². The molecule has 0 radical (unpaired) electrons. The molecule has 0 aromatic heterocycles. The second-order valence-electron chi connectivity index (χ2n) is 7.46. The molecular formula is C21H38O3. The van der Waals surface area contributed by atoms with Crippen molar-refractivity contribution in [2.45, 2.75) is 103 Å². The lowest BCUT2D eigenvalue weighted by Crippen LogP contribution is -2.15. The minimum atomic E-state index is -0.111. The minimum absolute atomic E-state index is 0.111. The number of rotatable bonds is 14. The molecule has 2 atom stereocenters. The highest BCUT2D eigenvalue weighted by Gasteiger charge is 2.33. The third kappa shape index (κ3) is 8.84. The van der Waals surface area contributed by atoms with E-state index in [2.05, 4.69) is 11.7 Å². The summed E-state index contributed by atoms with van der Waals surface area (Å²) in [6.07, 6.45) is 17.1. The van der Waals surface area contributed by atoms with Crippen LogP contribution in [0.15, 0.2) is 0 Å². The van der Waals surface area contributed by atoms with E-state index in [4.69, 9.17) is 0 Å². The molecule has 0 amide bonds. The Bertz CT molecular complexity index is 351. The number of ketones is 1. The summed E-state index contributed by atoms with van der Waals surface area (Å²) in [5, 5.41) is 0. The van der Waals surface area contributed by atoms with Crippen LogP contribution in [0.5, 0.6) is 0 Å². The van der Waals surface area contributed by atoms with Crippen molar-refractivity contribution in [3.05, 3.63) is 0 Å². The maximum atomic E-state index is 12.1. The average molecular weight is 339 g/mol. The fourth-order valence-electron chi connectivity index (χ4n) is 4.00. The topological polar surface area (TPSA) is 43.4 Å². The molecule has 1 aliphatic rings. The largest absolute Gasteiger partial charge is 0.469 e. The van der Waals surface area contributed by atoms with Gasteiger partial charge in [0.25, 0.3) is 0 Å². The smallest absolute Gasteiger partial charge is 0.305 e. The monoisotopic (exact) mass is 338 g/mol. The number of esters is 1. The van der Waals surface area contributed by atoms with Gasteiger partial charge in [0.05, 0.1) is 7.11 Å². The second-order valence-corrected chi connectivity index (χ2v) is 7.46. The lowest BCUT2D eigenvalue weighted by molar-refractivity contribution is -0.140. The van der Waals surface area contributed by atoms with Crippen LogP contribution in [0.4, 0.5) is 0 Å². The van der Waals surface area contributed by atoms with Gasteiger partial charge in [-0.25, -0.2) is 0 Å². The summed E-state index contributed by atoms with van der Waals surface area (Å²) >= 11 is 0. The summed E-state index contributed by atoms with van der Waals surface area (Å²) in [5.41, 5.74) is 0. The van der Waals surface area contributed by atoms with Gasteiger partial charge in [-0.3, -0.25) is 9.59 Å². The number of carbonyl (C=O) groups excluding carboxylic acids is 2. The third-order valence-corrected chi connectivity index (χ3v) is 5.55. The van der Waals surface area contributed by atoms with Crippen LogP contribution in [0.1, 0.15) is 103 Å². The van der Waals surface area contributed by atoms with Crippen molar-refractivity contribution in [2.75, 3.05) is 7.11 Å². The van der Waals surface area contributed by atoms with Crippen LogP contribution in [0, 0.1) is 11.8 Å². The molecule has 0 aromatic rings. The first-order valence-electron chi connectivity index (χ1n) is 10.3. The Morgan fingerprint density at radius 1 is 0.958 bits per heavy atom. The lowest BCUT2D eigenvalue weighted by Gasteiger charge is -2.18. The Hall–Kier alpha value is -0.860. The van der Waals surface area contributed by atoms with Crippen LogP contribution in [-0.4, -0.2) is 18.9 Å². The molecule has 0 spiro atoms. The summed E-state index contributed by atoms with van der Waals surface area (Å²) in [4.78, 5) is 23.2. The molecule has 24 heavy (non-hydrogen) atoms. The van der Waals surface area contributed by atoms with Gasteiger partial charge in [0.2, 0.25) is 0 Å². The zero-order chi connectivity index (χ0) is 17.6. The fraction of sp³-hybridized carbons (Fsp3) is 0.905. The predicted octanol–water partition coefficient (Wildman–Crippen LogP) is 5.85. The molecule has 1 fully saturated rings. The van der Waals surface area contributed by atoms with Crippen molar-refractivity contribution in [3.63, 3.8) is 0 Å². The van der Waals surface area contributed by atoms with Crippen molar-refractivity contribution in [2.24, 2.45) is 11.8 Å². The van der Waals surface area contributed by atoms with E-state index in [9.17, 15) is 9.59 Å². The highest BCUT2D eigenvalue weighted by atomic mass is 16.5. The van der Waals surface area contributed by atoms with Crippen molar-refractivity contribution in [1.29, 1.82) is 0 Å². The zero-order valence-corrected chi connectivity index (χ0v) is 16.0. The molecule has 1 rings (SSSR count). The Labute approximate surface area is 148 Å². The Kier molecular flexibility index (Phi) is 11.9. The highest BCUT2D eigenvalue weighted by molar-refractivity contribution is 5.83. The maximum Gasteiger partial charge on any atom is 0.305 e. The van der Waals surface area contributed by atoms with E-state index in [0.717, 1.165) is 44.9 Å². The minimum Gasteiger partial charge on any atom is -0.469 e. The summed E-state index contributed by atoms with van der Waals surface area (Å²) in [6, 6.07) is 0. The number of unbranched alkanes of at least 4 members (excludes halogenated alkanes) is 8. The average Bonchev–Trinajstić information content (AvgIpc) is 2.94. The Balaban J connectivity index is 2.10. The van der Waals surface area contributed by atoms with E-state index in [-0.39, 0.29) is 5.97 Å². The summed E-state index contributed by atoms with van der Waals surface area (Å²) in [5.74, 6) is 1.39.